The zero-order valence-electron chi connectivity index (χ0n) is 19.3. The van der Waals surface area contributed by atoms with Crippen LogP contribution < -0.4 is 10.1 Å². The van der Waals surface area contributed by atoms with Crippen molar-refractivity contribution in [2.45, 2.75) is 27.0 Å². The fraction of sp³-hybridized carbons (Fsp3) is 0.304. The standard InChI is InChI=1S/C23H25ClN4O5S/c1-5-12-32-23(31)18-14(2)19(22(30)27(3)4)34-21(18)25-20(29)17-10-11-28(26-17)13-33-16-8-6-15(24)7-9-16/h6-11H,5,12-13H2,1-4H3,(H,25,29). The smallest absolute Gasteiger partial charge is 0.341 e. The van der Waals surface area contributed by atoms with Gasteiger partial charge in [-0.1, -0.05) is 18.5 Å². The van der Waals surface area contributed by atoms with Gasteiger partial charge in [-0.15, -0.1) is 11.3 Å². The Morgan fingerprint density at radius 1 is 1.18 bits per heavy atom. The van der Waals surface area contributed by atoms with E-state index in [1.165, 1.54) is 15.6 Å². The molecule has 34 heavy (non-hydrogen) atoms. The van der Waals surface area contributed by atoms with Gasteiger partial charge in [-0.05, 0) is 49.2 Å². The minimum Gasteiger partial charge on any atom is -0.471 e. The molecule has 2 heterocycles. The lowest BCUT2D eigenvalue weighted by Crippen LogP contribution is -2.21. The fourth-order valence-electron chi connectivity index (χ4n) is 2.91. The molecule has 1 aromatic carbocycles. The highest BCUT2D eigenvalue weighted by molar-refractivity contribution is 7.18. The number of hydrogen-bond donors (Lipinski definition) is 1. The van der Waals surface area contributed by atoms with Crippen LogP contribution in [0.1, 0.15) is 49.4 Å². The molecule has 11 heteroatoms. The van der Waals surface area contributed by atoms with Crippen molar-refractivity contribution in [3.05, 3.63) is 63.2 Å². The third-order valence-corrected chi connectivity index (χ3v) is 6.11. The molecule has 3 aromatic rings. The number of hydrogen-bond acceptors (Lipinski definition) is 7. The number of aromatic nitrogens is 2. The van der Waals surface area contributed by atoms with E-state index in [1.54, 1.807) is 51.5 Å². The van der Waals surface area contributed by atoms with Crippen molar-refractivity contribution < 1.29 is 23.9 Å². The normalized spacial score (nSPS) is 10.6. The third-order valence-electron chi connectivity index (χ3n) is 4.67. The Morgan fingerprint density at radius 3 is 2.53 bits per heavy atom. The van der Waals surface area contributed by atoms with E-state index >= 15 is 0 Å². The summed E-state index contributed by atoms with van der Waals surface area (Å²) in [5, 5.41) is 7.77. The van der Waals surface area contributed by atoms with E-state index in [9.17, 15) is 14.4 Å². The zero-order valence-corrected chi connectivity index (χ0v) is 20.8. The number of rotatable bonds is 9. The van der Waals surface area contributed by atoms with Crippen molar-refractivity contribution in [2.75, 3.05) is 26.0 Å². The molecular weight excluding hydrogens is 480 g/mol. The molecule has 0 saturated heterocycles. The van der Waals surface area contributed by atoms with Crippen molar-refractivity contribution >= 4 is 45.7 Å². The highest BCUT2D eigenvalue weighted by Gasteiger charge is 2.28. The van der Waals surface area contributed by atoms with Crippen molar-refractivity contribution in [3.8, 4) is 5.75 Å². The summed E-state index contributed by atoms with van der Waals surface area (Å²) in [6, 6.07) is 8.40. The van der Waals surface area contributed by atoms with Gasteiger partial charge in [-0.2, -0.15) is 5.10 Å². The van der Waals surface area contributed by atoms with Crippen molar-refractivity contribution in [3.63, 3.8) is 0 Å². The highest BCUT2D eigenvalue weighted by Crippen LogP contribution is 2.34. The van der Waals surface area contributed by atoms with Gasteiger partial charge in [0.15, 0.2) is 12.4 Å². The summed E-state index contributed by atoms with van der Waals surface area (Å²) in [5.74, 6) is -0.782. The predicted octanol–water partition coefficient (Wildman–Crippen LogP) is 4.46. The molecular formula is C23H25ClN4O5S. The fourth-order valence-corrected chi connectivity index (χ4v) is 4.25. The number of ether oxygens (including phenoxy) is 2. The number of carbonyl (C=O) groups is 3. The average molecular weight is 505 g/mol. The van der Waals surface area contributed by atoms with E-state index in [-0.39, 0.29) is 35.5 Å². The summed E-state index contributed by atoms with van der Waals surface area (Å²) in [4.78, 5) is 39.9. The number of anilines is 1. The molecule has 0 aliphatic heterocycles. The average Bonchev–Trinajstić information content (AvgIpc) is 3.41. The summed E-state index contributed by atoms with van der Waals surface area (Å²) in [6.07, 6.45) is 2.25. The van der Waals surface area contributed by atoms with E-state index in [1.807, 2.05) is 6.92 Å². The summed E-state index contributed by atoms with van der Waals surface area (Å²) in [6.45, 7) is 3.86. The van der Waals surface area contributed by atoms with Gasteiger partial charge in [-0.3, -0.25) is 9.59 Å². The minimum atomic E-state index is -0.592. The first-order valence-electron chi connectivity index (χ1n) is 10.5. The van der Waals surface area contributed by atoms with Crippen LogP contribution in [0.4, 0.5) is 5.00 Å². The van der Waals surface area contributed by atoms with Crippen molar-refractivity contribution in [1.29, 1.82) is 0 Å². The topological polar surface area (TPSA) is 103 Å². The largest absolute Gasteiger partial charge is 0.471 e. The van der Waals surface area contributed by atoms with Crippen LogP contribution in [-0.2, 0) is 11.5 Å². The number of esters is 1. The zero-order chi connectivity index (χ0) is 24.8. The summed E-state index contributed by atoms with van der Waals surface area (Å²) >= 11 is 6.90. The lowest BCUT2D eigenvalue weighted by molar-refractivity contribution is 0.0506. The maximum Gasteiger partial charge on any atom is 0.341 e. The predicted molar refractivity (Wildman–Crippen MR) is 130 cm³/mol. The molecule has 0 fully saturated rings. The van der Waals surface area contributed by atoms with Crippen LogP contribution in [0.2, 0.25) is 5.02 Å². The van der Waals surface area contributed by atoms with Gasteiger partial charge in [0.05, 0.1) is 17.0 Å². The number of nitrogens with zero attached hydrogens (tertiary/aromatic N) is 3. The number of nitrogens with one attached hydrogen (secondary N) is 1. The third kappa shape index (κ3) is 5.95. The molecule has 3 rings (SSSR count). The first-order chi connectivity index (χ1) is 16.2. The van der Waals surface area contributed by atoms with Gasteiger partial charge in [0.25, 0.3) is 11.8 Å². The van der Waals surface area contributed by atoms with Crippen LogP contribution in [0, 0.1) is 6.92 Å². The van der Waals surface area contributed by atoms with E-state index in [0.29, 0.717) is 27.6 Å². The van der Waals surface area contributed by atoms with Gasteiger partial charge in [-0.25, -0.2) is 9.48 Å². The molecule has 9 nitrogen and oxygen atoms in total. The summed E-state index contributed by atoms with van der Waals surface area (Å²) in [5.41, 5.74) is 0.753. The van der Waals surface area contributed by atoms with Gasteiger partial charge < -0.3 is 19.7 Å². The van der Waals surface area contributed by atoms with Crippen LogP contribution >= 0.6 is 22.9 Å². The molecule has 180 valence electrons. The molecule has 2 aromatic heterocycles. The molecule has 0 aliphatic rings. The molecule has 0 radical (unpaired) electrons. The first-order valence-corrected chi connectivity index (χ1v) is 11.7. The Bertz CT molecular complexity index is 1190. The Morgan fingerprint density at radius 2 is 1.88 bits per heavy atom. The number of carbonyl (C=O) groups excluding carboxylic acids is 3. The Balaban J connectivity index is 1.78. The first kappa shape index (κ1) is 25.3. The molecule has 0 spiro atoms. The van der Waals surface area contributed by atoms with Gasteiger partial charge >= 0.3 is 5.97 Å². The molecule has 2 amide bonds. The summed E-state index contributed by atoms with van der Waals surface area (Å²) < 4.78 is 12.4. The number of benzene rings is 1. The Kier molecular flexibility index (Phi) is 8.30. The second-order valence-corrected chi connectivity index (χ2v) is 8.97. The van der Waals surface area contributed by atoms with Crippen LogP contribution in [0.15, 0.2) is 36.5 Å². The lowest BCUT2D eigenvalue weighted by atomic mass is 10.1. The molecule has 0 bridgehead atoms. The van der Waals surface area contributed by atoms with E-state index in [0.717, 1.165) is 11.3 Å². The van der Waals surface area contributed by atoms with Gasteiger partial charge in [0, 0.05) is 25.3 Å². The van der Waals surface area contributed by atoms with Crippen molar-refractivity contribution in [1.82, 2.24) is 14.7 Å². The van der Waals surface area contributed by atoms with Crippen LogP contribution in [0.25, 0.3) is 0 Å². The Labute approximate surface area is 206 Å². The molecule has 0 aliphatic carbocycles. The monoisotopic (exact) mass is 504 g/mol. The maximum absolute atomic E-state index is 12.9. The lowest BCUT2D eigenvalue weighted by Gasteiger charge is -2.09. The second kappa shape index (κ2) is 11.2. The molecule has 1 N–H and O–H groups in total. The van der Waals surface area contributed by atoms with E-state index in [4.69, 9.17) is 21.1 Å². The van der Waals surface area contributed by atoms with Crippen LogP contribution in [0.5, 0.6) is 5.75 Å². The minimum absolute atomic E-state index is 0.0864. The molecule has 0 atom stereocenters. The maximum atomic E-state index is 12.9. The quantitative estimate of drug-likeness (QED) is 0.431. The van der Waals surface area contributed by atoms with Gasteiger partial charge in [0.2, 0.25) is 0 Å². The number of halogens is 1. The summed E-state index contributed by atoms with van der Waals surface area (Å²) in [7, 11) is 3.24. The molecule has 0 saturated carbocycles. The highest BCUT2D eigenvalue weighted by atomic mass is 35.5. The van der Waals surface area contributed by atoms with Gasteiger partial charge in [0.1, 0.15) is 10.8 Å². The SMILES string of the molecule is CCCOC(=O)c1c(NC(=O)c2ccn(COc3ccc(Cl)cc3)n2)sc(C(=O)N(C)C)c1C. The van der Waals surface area contributed by atoms with E-state index in [2.05, 4.69) is 10.4 Å². The van der Waals surface area contributed by atoms with Crippen LogP contribution in [0.3, 0.4) is 0 Å². The number of thiophene rings is 1. The van der Waals surface area contributed by atoms with Crippen LogP contribution in [-0.4, -0.2) is 53.2 Å². The second-order valence-electron chi connectivity index (χ2n) is 7.52. The number of amides is 2. The molecule has 0 unspecified atom stereocenters. The Hall–Kier alpha value is -3.37. The van der Waals surface area contributed by atoms with E-state index < -0.39 is 11.9 Å². The van der Waals surface area contributed by atoms with Crippen molar-refractivity contribution in [2.24, 2.45) is 0 Å².